The van der Waals surface area contributed by atoms with Gasteiger partial charge >= 0.3 is 0 Å². The van der Waals surface area contributed by atoms with Crippen LogP contribution in [0.1, 0.15) is 35.7 Å². The first kappa shape index (κ1) is 13.8. The zero-order chi connectivity index (χ0) is 14.8. The highest BCUT2D eigenvalue weighted by atomic mass is 16.6. The van der Waals surface area contributed by atoms with Crippen LogP contribution in [0.2, 0.25) is 0 Å². The van der Waals surface area contributed by atoms with Crippen molar-refractivity contribution in [2.24, 2.45) is 7.05 Å². The summed E-state index contributed by atoms with van der Waals surface area (Å²) in [6.45, 7) is 0.626. The maximum absolute atomic E-state index is 10.8. The number of rotatable bonds is 4. The molecule has 3 rings (SSSR count). The summed E-state index contributed by atoms with van der Waals surface area (Å²) < 4.78 is 1.94. The summed E-state index contributed by atoms with van der Waals surface area (Å²) in [4.78, 5) is 10.4. The number of hydrogen-bond donors (Lipinski definition) is 1. The van der Waals surface area contributed by atoms with E-state index in [-0.39, 0.29) is 16.7 Å². The van der Waals surface area contributed by atoms with Gasteiger partial charge in [-0.2, -0.15) is 5.10 Å². The number of hydrogen-bond acceptors (Lipinski definition) is 4. The summed E-state index contributed by atoms with van der Waals surface area (Å²) >= 11 is 0. The van der Waals surface area contributed by atoms with Crippen molar-refractivity contribution in [3.05, 3.63) is 57.4 Å². The van der Waals surface area contributed by atoms with Crippen molar-refractivity contribution in [2.45, 2.75) is 31.8 Å². The lowest BCUT2D eigenvalue weighted by Crippen LogP contribution is -2.24. The fraction of sp³-hybridized carbons (Fsp3) is 0.400. The van der Waals surface area contributed by atoms with Crippen LogP contribution in [0.25, 0.3) is 0 Å². The molecular weight excluding hydrogens is 268 g/mol. The Balaban J connectivity index is 1.71. The zero-order valence-electron chi connectivity index (χ0n) is 12.0. The zero-order valence-corrected chi connectivity index (χ0v) is 12.0. The van der Waals surface area contributed by atoms with E-state index in [1.165, 1.54) is 17.3 Å². The molecule has 1 N–H and O–H groups in total. The van der Waals surface area contributed by atoms with E-state index >= 15 is 0 Å². The number of non-ortho nitro benzene ring substituents is 1. The van der Waals surface area contributed by atoms with Gasteiger partial charge in [-0.25, -0.2) is 0 Å². The SMILES string of the molecule is Cn1ncc2c1CCCC2NCc1cccc([N+](=O)[O-])c1. The monoisotopic (exact) mass is 286 g/mol. The third-order valence-electron chi connectivity index (χ3n) is 4.05. The fourth-order valence-corrected chi connectivity index (χ4v) is 2.94. The van der Waals surface area contributed by atoms with Gasteiger partial charge in [-0.15, -0.1) is 0 Å². The molecule has 1 aliphatic carbocycles. The fourth-order valence-electron chi connectivity index (χ4n) is 2.94. The Morgan fingerprint density at radius 1 is 1.52 bits per heavy atom. The lowest BCUT2D eigenvalue weighted by molar-refractivity contribution is -0.384. The molecule has 1 atom stereocenters. The minimum absolute atomic E-state index is 0.139. The largest absolute Gasteiger partial charge is 0.306 e. The van der Waals surface area contributed by atoms with E-state index in [9.17, 15) is 10.1 Å². The van der Waals surface area contributed by atoms with E-state index < -0.39 is 0 Å². The van der Waals surface area contributed by atoms with Crippen molar-refractivity contribution in [3.63, 3.8) is 0 Å². The molecule has 1 heterocycles. The molecule has 0 spiro atoms. The average molecular weight is 286 g/mol. The van der Waals surface area contributed by atoms with Crippen LogP contribution in [-0.4, -0.2) is 14.7 Å². The molecule has 2 aromatic rings. The highest BCUT2D eigenvalue weighted by Crippen LogP contribution is 2.29. The Labute approximate surface area is 122 Å². The number of nitro groups is 1. The van der Waals surface area contributed by atoms with E-state index in [2.05, 4.69) is 10.4 Å². The van der Waals surface area contributed by atoms with E-state index in [4.69, 9.17) is 0 Å². The van der Waals surface area contributed by atoms with Crippen molar-refractivity contribution < 1.29 is 4.92 Å². The number of nitrogens with zero attached hydrogens (tertiary/aromatic N) is 3. The number of nitro benzene ring substituents is 1. The van der Waals surface area contributed by atoms with Crippen LogP contribution in [0.4, 0.5) is 5.69 Å². The minimum Gasteiger partial charge on any atom is -0.306 e. The molecular formula is C15H18N4O2. The summed E-state index contributed by atoms with van der Waals surface area (Å²) in [7, 11) is 1.97. The van der Waals surface area contributed by atoms with Crippen LogP contribution in [-0.2, 0) is 20.0 Å². The predicted molar refractivity (Wildman–Crippen MR) is 78.8 cm³/mol. The highest BCUT2D eigenvalue weighted by Gasteiger charge is 2.22. The van der Waals surface area contributed by atoms with Crippen molar-refractivity contribution in [2.75, 3.05) is 0 Å². The average Bonchev–Trinajstić information content (AvgIpc) is 2.88. The molecule has 0 saturated heterocycles. The topological polar surface area (TPSA) is 73.0 Å². The molecule has 1 aromatic heterocycles. The summed E-state index contributed by atoms with van der Waals surface area (Å²) in [6.07, 6.45) is 5.22. The van der Waals surface area contributed by atoms with Gasteiger partial charge in [0.05, 0.1) is 11.1 Å². The van der Waals surface area contributed by atoms with E-state index in [0.29, 0.717) is 6.54 Å². The maximum atomic E-state index is 10.8. The molecule has 0 fully saturated rings. The van der Waals surface area contributed by atoms with E-state index in [1.807, 2.05) is 24.0 Å². The van der Waals surface area contributed by atoms with Crippen molar-refractivity contribution in [1.29, 1.82) is 0 Å². The molecule has 0 aliphatic heterocycles. The minimum atomic E-state index is -0.358. The van der Waals surface area contributed by atoms with Gasteiger partial charge in [0.25, 0.3) is 5.69 Å². The van der Waals surface area contributed by atoms with Gasteiger partial charge in [0.1, 0.15) is 0 Å². The molecule has 1 aromatic carbocycles. The van der Waals surface area contributed by atoms with Crippen LogP contribution in [0.5, 0.6) is 0 Å². The third-order valence-corrected chi connectivity index (χ3v) is 4.05. The Kier molecular flexibility index (Phi) is 3.70. The first-order chi connectivity index (χ1) is 10.1. The van der Waals surface area contributed by atoms with Crippen molar-refractivity contribution in [1.82, 2.24) is 15.1 Å². The van der Waals surface area contributed by atoms with E-state index in [1.54, 1.807) is 12.1 Å². The second-order valence-corrected chi connectivity index (χ2v) is 5.42. The molecule has 1 aliphatic rings. The van der Waals surface area contributed by atoms with Crippen LogP contribution in [0.3, 0.4) is 0 Å². The Morgan fingerprint density at radius 2 is 2.38 bits per heavy atom. The van der Waals surface area contributed by atoms with Crippen LogP contribution in [0, 0.1) is 10.1 Å². The predicted octanol–water partition coefficient (Wildman–Crippen LogP) is 2.50. The van der Waals surface area contributed by atoms with Gasteiger partial charge < -0.3 is 5.32 Å². The molecule has 1 unspecified atom stereocenters. The van der Waals surface area contributed by atoms with Gasteiger partial charge in [0.15, 0.2) is 0 Å². The summed E-state index contributed by atoms with van der Waals surface area (Å²) in [5, 5.41) is 18.6. The van der Waals surface area contributed by atoms with Crippen LogP contribution >= 0.6 is 0 Å². The number of aryl methyl sites for hydroxylation is 1. The molecule has 6 heteroatoms. The highest BCUT2D eigenvalue weighted by molar-refractivity contribution is 5.34. The first-order valence-corrected chi connectivity index (χ1v) is 7.12. The molecule has 0 saturated carbocycles. The Morgan fingerprint density at radius 3 is 3.19 bits per heavy atom. The number of nitrogens with one attached hydrogen (secondary N) is 1. The lowest BCUT2D eigenvalue weighted by atomic mass is 9.93. The molecule has 110 valence electrons. The normalized spacial score (nSPS) is 17.5. The van der Waals surface area contributed by atoms with Crippen molar-refractivity contribution >= 4 is 5.69 Å². The smallest absolute Gasteiger partial charge is 0.269 e. The number of aromatic nitrogens is 2. The quantitative estimate of drug-likeness (QED) is 0.692. The van der Waals surface area contributed by atoms with Gasteiger partial charge in [-0.05, 0) is 24.8 Å². The Bertz CT molecular complexity index is 665. The molecule has 0 bridgehead atoms. The van der Waals surface area contributed by atoms with Gasteiger partial charge in [-0.1, -0.05) is 12.1 Å². The Hall–Kier alpha value is -2.21. The summed E-state index contributed by atoms with van der Waals surface area (Å²) in [6, 6.07) is 7.06. The number of fused-ring (bicyclic) bond motifs is 1. The van der Waals surface area contributed by atoms with Crippen LogP contribution < -0.4 is 5.32 Å². The molecule has 6 nitrogen and oxygen atoms in total. The number of benzene rings is 1. The lowest BCUT2D eigenvalue weighted by Gasteiger charge is -2.24. The van der Waals surface area contributed by atoms with Crippen molar-refractivity contribution in [3.8, 4) is 0 Å². The first-order valence-electron chi connectivity index (χ1n) is 7.12. The maximum Gasteiger partial charge on any atom is 0.269 e. The third kappa shape index (κ3) is 2.80. The standard InChI is InChI=1S/C15H18N4O2/c1-18-15-7-3-6-14(13(15)10-17-18)16-9-11-4-2-5-12(8-11)19(20)21/h2,4-5,8,10,14,16H,3,6-7,9H2,1H3. The molecule has 21 heavy (non-hydrogen) atoms. The summed E-state index contributed by atoms with van der Waals surface area (Å²) in [5.41, 5.74) is 3.62. The van der Waals surface area contributed by atoms with E-state index in [0.717, 1.165) is 24.8 Å². The van der Waals surface area contributed by atoms with Crippen LogP contribution in [0.15, 0.2) is 30.5 Å². The second-order valence-electron chi connectivity index (χ2n) is 5.42. The van der Waals surface area contributed by atoms with Gasteiger partial charge in [0, 0.05) is 43.0 Å². The second kappa shape index (κ2) is 5.65. The van der Waals surface area contributed by atoms with Gasteiger partial charge in [0.2, 0.25) is 0 Å². The summed E-state index contributed by atoms with van der Waals surface area (Å²) in [5.74, 6) is 0. The van der Waals surface area contributed by atoms with Gasteiger partial charge in [-0.3, -0.25) is 14.8 Å². The molecule has 0 radical (unpaired) electrons. The molecule has 0 amide bonds.